The molecule has 0 saturated carbocycles. The summed E-state index contributed by atoms with van der Waals surface area (Å²) in [6, 6.07) is 9.72. The third-order valence-corrected chi connectivity index (χ3v) is 1.42. The van der Waals surface area contributed by atoms with E-state index in [1.165, 1.54) is 0 Å². The maximum absolute atomic E-state index is 8.41. The van der Waals surface area contributed by atoms with E-state index < -0.39 is 0 Å². The Morgan fingerprint density at radius 2 is 2.00 bits per heavy atom. The van der Waals surface area contributed by atoms with Crippen molar-refractivity contribution in [2.75, 3.05) is 19.8 Å². The number of ether oxygens (including phenoxy) is 1. The van der Waals surface area contributed by atoms with Crippen molar-refractivity contribution >= 4 is 0 Å². The molecule has 2 nitrogen and oxygen atoms in total. The minimum atomic E-state index is 0.0486. The van der Waals surface area contributed by atoms with E-state index >= 15 is 0 Å². The van der Waals surface area contributed by atoms with Gasteiger partial charge in [-0.25, -0.2) is 0 Å². The number of rotatable bonds is 3. The second kappa shape index (κ2) is 6.24. The van der Waals surface area contributed by atoms with Gasteiger partial charge in [0, 0.05) is 5.56 Å². The third kappa shape index (κ3) is 4.32. The normalized spacial score (nSPS) is 9.00. The van der Waals surface area contributed by atoms with Crippen LogP contribution in [0.4, 0.5) is 0 Å². The average molecular weight is 176 g/mol. The second-order valence-electron chi connectivity index (χ2n) is 2.44. The van der Waals surface area contributed by atoms with Gasteiger partial charge in [-0.3, -0.25) is 0 Å². The molecule has 13 heavy (non-hydrogen) atoms. The molecule has 0 aliphatic heterocycles. The molecule has 1 N–H and O–H groups in total. The van der Waals surface area contributed by atoms with Gasteiger partial charge in [-0.05, 0) is 12.1 Å². The van der Waals surface area contributed by atoms with Gasteiger partial charge in [-0.15, -0.1) is 0 Å². The van der Waals surface area contributed by atoms with Crippen molar-refractivity contribution in [1.29, 1.82) is 0 Å². The van der Waals surface area contributed by atoms with Gasteiger partial charge >= 0.3 is 0 Å². The summed E-state index contributed by atoms with van der Waals surface area (Å²) < 4.78 is 4.98. The Bertz CT molecular complexity index is 282. The van der Waals surface area contributed by atoms with E-state index in [0.717, 1.165) is 5.56 Å². The Morgan fingerprint density at radius 1 is 1.23 bits per heavy atom. The van der Waals surface area contributed by atoms with E-state index in [1.54, 1.807) is 0 Å². The van der Waals surface area contributed by atoms with Crippen LogP contribution in [0.15, 0.2) is 30.3 Å². The molecule has 0 radical (unpaired) electrons. The van der Waals surface area contributed by atoms with Gasteiger partial charge in [0.2, 0.25) is 0 Å². The van der Waals surface area contributed by atoms with Crippen LogP contribution in [0.25, 0.3) is 0 Å². The highest BCUT2D eigenvalue weighted by molar-refractivity contribution is 5.33. The summed E-state index contributed by atoms with van der Waals surface area (Å²) in [6.07, 6.45) is 0. The zero-order valence-electron chi connectivity index (χ0n) is 7.36. The van der Waals surface area contributed by atoms with Crippen molar-refractivity contribution < 1.29 is 9.84 Å². The zero-order chi connectivity index (χ0) is 9.36. The Balaban J connectivity index is 2.31. The molecule has 0 atom stereocenters. The van der Waals surface area contributed by atoms with Crippen molar-refractivity contribution in [3.63, 3.8) is 0 Å². The van der Waals surface area contributed by atoms with Crippen molar-refractivity contribution in [2.24, 2.45) is 0 Å². The zero-order valence-corrected chi connectivity index (χ0v) is 7.36. The van der Waals surface area contributed by atoms with Crippen LogP contribution in [0.1, 0.15) is 5.56 Å². The Labute approximate surface area is 78.2 Å². The lowest BCUT2D eigenvalue weighted by molar-refractivity contribution is 0.115. The lowest BCUT2D eigenvalue weighted by Crippen LogP contribution is -1.98. The molecule has 0 bridgehead atoms. The van der Waals surface area contributed by atoms with E-state index in [-0.39, 0.29) is 6.61 Å². The van der Waals surface area contributed by atoms with Crippen molar-refractivity contribution in [2.45, 2.75) is 0 Å². The minimum absolute atomic E-state index is 0.0486. The molecule has 0 amide bonds. The fourth-order valence-corrected chi connectivity index (χ4v) is 0.847. The van der Waals surface area contributed by atoms with Crippen molar-refractivity contribution in [1.82, 2.24) is 0 Å². The summed E-state index contributed by atoms with van der Waals surface area (Å²) in [4.78, 5) is 0. The standard InChI is InChI=1S/C11H12O2/c12-8-10-13-9-4-7-11-5-2-1-3-6-11/h1-3,5-6,12H,8-10H2. The van der Waals surface area contributed by atoms with Gasteiger partial charge in [-0.2, -0.15) is 0 Å². The monoisotopic (exact) mass is 176 g/mol. The molecule has 0 unspecified atom stereocenters. The molecule has 0 spiro atoms. The summed E-state index contributed by atoms with van der Waals surface area (Å²) in [5.41, 5.74) is 0.982. The predicted octanol–water partition coefficient (Wildman–Crippen LogP) is 1.05. The topological polar surface area (TPSA) is 29.5 Å². The molecule has 1 aromatic rings. The first-order valence-electron chi connectivity index (χ1n) is 4.16. The first-order chi connectivity index (χ1) is 6.43. The van der Waals surface area contributed by atoms with Crippen LogP contribution >= 0.6 is 0 Å². The summed E-state index contributed by atoms with van der Waals surface area (Å²) in [6.45, 7) is 0.770. The van der Waals surface area contributed by atoms with Crippen LogP contribution in [0.2, 0.25) is 0 Å². The SMILES string of the molecule is OCCOCC#Cc1ccccc1. The number of hydrogen-bond acceptors (Lipinski definition) is 2. The molecule has 1 aromatic carbocycles. The number of aliphatic hydroxyl groups excluding tert-OH is 1. The van der Waals surface area contributed by atoms with Crippen LogP contribution in [0.3, 0.4) is 0 Å². The van der Waals surface area contributed by atoms with E-state index in [0.29, 0.717) is 13.2 Å². The van der Waals surface area contributed by atoms with Gasteiger partial charge in [0.15, 0.2) is 0 Å². The average Bonchev–Trinajstić information content (AvgIpc) is 2.19. The molecule has 68 valence electrons. The van der Waals surface area contributed by atoms with Crippen LogP contribution in [-0.4, -0.2) is 24.9 Å². The third-order valence-electron chi connectivity index (χ3n) is 1.42. The van der Waals surface area contributed by atoms with Gasteiger partial charge < -0.3 is 9.84 Å². The summed E-state index contributed by atoms with van der Waals surface area (Å²) in [5, 5.41) is 8.41. The van der Waals surface area contributed by atoms with Crippen molar-refractivity contribution in [3.8, 4) is 11.8 Å². The molecule has 0 aliphatic carbocycles. The summed E-state index contributed by atoms with van der Waals surface area (Å²) in [7, 11) is 0. The Hall–Kier alpha value is -1.30. The highest BCUT2D eigenvalue weighted by atomic mass is 16.5. The van der Waals surface area contributed by atoms with Crippen molar-refractivity contribution in [3.05, 3.63) is 35.9 Å². The molecule has 0 heterocycles. The van der Waals surface area contributed by atoms with Gasteiger partial charge in [0.05, 0.1) is 13.2 Å². The highest BCUT2D eigenvalue weighted by Gasteiger charge is 1.82. The molecule has 0 aliphatic rings. The lowest BCUT2D eigenvalue weighted by Gasteiger charge is -1.92. The molecule has 0 saturated heterocycles. The maximum atomic E-state index is 8.41. The fourth-order valence-electron chi connectivity index (χ4n) is 0.847. The van der Waals surface area contributed by atoms with E-state index in [2.05, 4.69) is 11.8 Å². The molecular formula is C11H12O2. The van der Waals surface area contributed by atoms with Gasteiger partial charge in [0.1, 0.15) is 6.61 Å². The summed E-state index contributed by atoms with van der Waals surface area (Å²) >= 11 is 0. The maximum Gasteiger partial charge on any atom is 0.108 e. The lowest BCUT2D eigenvalue weighted by atomic mass is 10.2. The van der Waals surface area contributed by atoms with Crippen LogP contribution in [0.5, 0.6) is 0 Å². The number of aliphatic hydroxyl groups is 1. The van der Waals surface area contributed by atoms with E-state index in [9.17, 15) is 0 Å². The highest BCUT2D eigenvalue weighted by Crippen LogP contribution is 1.94. The minimum Gasteiger partial charge on any atom is -0.394 e. The smallest absolute Gasteiger partial charge is 0.108 e. The van der Waals surface area contributed by atoms with Gasteiger partial charge in [0.25, 0.3) is 0 Å². The predicted molar refractivity (Wildman–Crippen MR) is 51.2 cm³/mol. The molecule has 0 aromatic heterocycles. The molecule has 0 fully saturated rings. The van der Waals surface area contributed by atoms with Gasteiger partial charge in [-0.1, -0.05) is 30.0 Å². The quantitative estimate of drug-likeness (QED) is 0.551. The second-order valence-corrected chi connectivity index (χ2v) is 2.44. The Kier molecular flexibility index (Phi) is 4.70. The van der Waals surface area contributed by atoms with Crippen LogP contribution in [-0.2, 0) is 4.74 Å². The van der Waals surface area contributed by atoms with Crippen LogP contribution < -0.4 is 0 Å². The first kappa shape index (κ1) is 9.79. The van der Waals surface area contributed by atoms with Crippen LogP contribution in [0, 0.1) is 11.8 Å². The summed E-state index contributed by atoms with van der Waals surface area (Å²) in [5.74, 6) is 5.80. The number of hydrogen-bond donors (Lipinski definition) is 1. The molecule has 2 heteroatoms. The Morgan fingerprint density at radius 3 is 2.69 bits per heavy atom. The fraction of sp³-hybridized carbons (Fsp3) is 0.273. The van der Waals surface area contributed by atoms with E-state index in [4.69, 9.17) is 9.84 Å². The first-order valence-corrected chi connectivity index (χ1v) is 4.16. The molecular weight excluding hydrogens is 164 g/mol. The number of benzene rings is 1. The van der Waals surface area contributed by atoms with E-state index in [1.807, 2.05) is 30.3 Å². The largest absolute Gasteiger partial charge is 0.394 e. The molecule has 1 rings (SSSR count).